The van der Waals surface area contributed by atoms with Crippen LogP contribution >= 0.6 is 0 Å². The minimum absolute atomic E-state index is 0.102. The van der Waals surface area contributed by atoms with Gasteiger partial charge < -0.3 is 38.9 Å². The largest absolute Gasteiger partial charge is 0.497 e. The Hall–Kier alpha value is -5.06. The van der Waals surface area contributed by atoms with Gasteiger partial charge in [-0.2, -0.15) is 0 Å². The summed E-state index contributed by atoms with van der Waals surface area (Å²) in [6.45, 7) is 21.4. The van der Waals surface area contributed by atoms with Crippen LogP contribution in [0, 0.1) is 17.6 Å². The highest BCUT2D eigenvalue weighted by molar-refractivity contribution is 6.74. The van der Waals surface area contributed by atoms with E-state index in [2.05, 4.69) is 44.5 Å². The zero-order valence-corrected chi connectivity index (χ0v) is 44.0. The maximum Gasteiger partial charge on any atom is 0.410 e. The van der Waals surface area contributed by atoms with Crippen LogP contribution in [0.2, 0.25) is 18.1 Å². The van der Waals surface area contributed by atoms with Gasteiger partial charge in [0.15, 0.2) is 8.32 Å². The van der Waals surface area contributed by atoms with E-state index in [0.29, 0.717) is 30.8 Å². The summed E-state index contributed by atoms with van der Waals surface area (Å²) in [6, 6.07) is 15.5. The number of benzene rings is 3. The monoisotopic (exact) mass is 979 g/mol. The first-order valence-corrected chi connectivity index (χ1v) is 27.1. The minimum Gasteiger partial charge on any atom is -0.497 e. The van der Waals surface area contributed by atoms with Crippen molar-refractivity contribution < 1.29 is 51.3 Å². The first-order chi connectivity index (χ1) is 32.3. The molecule has 0 spiro atoms. The van der Waals surface area contributed by atoms with Gasteiger partial charge in [-0.1, -0.05) is 71.4 Å². The molecule has 5 rings (SSSR count). The van der Waals surface area contributed by atoms with Crippen LogP contribution in [0.3, 0.4) is 0 Å². The number of nitrogens with one attached hydrogen (secondary N) is 2. The van der Waals surface area contributed by atoms with Crippen LogP contribution in [0.15, 0.2) is 66.7 Å². The molecular weight excluding hydrogens is 903 g/mol. The van der Waals surface area contributed by atoms with E-state index < -0.39 is 73.4 Å². The molecule has 69 heavy (non-hydrogen) atoms. The van der Waals surface area contributed by atoms with Gasteiger partial charge in [0, 0.05) is 25.6 Å². The Morgan fingerprint density at radius 2 is 1.52 bits per heavy atom. The van der Waals surface area contributed by atoms with E-state index in [1.54, 1.807) is 50.9 Å². The molecule has 2 heterocycles. The minimum atomic E-state index is -2.84. The molecule has 0 saturated carbocycles. The number of carbonyl (C=O) groups excluding carboxylic acids is 4. The van der Waals surface area contributed by atoms with Crippen LogP contribution in [-0.4, -0.2) is 111 Å². The zero-order chi connectivity index (χ0) is 51.1. The molecule has 4 amide bonds. The second-order valence-electron chi connectivity index (χ2n) is 21.3. The van der Waals surface area contributed by atoms with E-state index in [1.165, 1.54) is 19.1 Å². The van der Waals surface area contributed by atoms with Crippen LogP contribution in [0.25, 0.3) is 0 Å². The zero-order valence-electron chi connectivity index (χ0n) is 43.0. The Bertz CT molecular complexity index is 2210. The smallest absolute Gasteiger partial charge is 0.410 e. The SMILES string of the molecule is CC[C@@H](C)[C@@]1(NC(C)=O)CCN([C@@H](CCc2ccccc2)C(=O)N[C@@H](Cc2cc(F)cc(F)c2)[C@H](O[Si](C)(C)C(C)(C)C)[C@H]2C[C@@H](OCc3cc(OC)cc(OC)c3)CN2C(=O)OC(C)(C)C)C1=O. The number of aryl methyl sites for hydroxylation is 1. The van der Waals surface area contributed by atoms with E-state index in [-0.39, 0.29) is 67.3 Å². The van der Waals surface area contributed by atoms with E-state index in [4.69, 9.17) is 23.4 Å². The number of amides is 4. The fourth-order valence-electron chi connectivity index (χ4n) is 9.20. The number of rotatable bonds is 20. The van der Waals surface area contributed by atoms with Crippen molar-refractivity contribution in [3.05, 3.63) is 95.1 Å². The maximum absolute atomic E-state index is 15.5. The quantitative estimate of drug-likeness (QED) is 0.106. The molecule has 3 aromatic carbocycles. The van der Waals surface area contributed by atoms with E-state index in [0.717, 1.165) is 17.2 Å². The number of halogens is 2. The molecule has 380 valence electrons. The first kappa shape index (κ1) is 54.9. The molecule has 2 saturated heterocycles. The lowest BCUT2D eigenvalue weighted by Crippen LogP contribution is -2.63. The summed E-state index contributed by atoms with van der Waals surface area (Å²) < 4.78 is 61.3. The fourth-order valence-corrected chi connectivity index (χ4v) is 10.6. The number of hydrogen-bond acceptors (Lipinski definition) is 9. The highest BCUT2D eigenvalue weighted by Gasteiger charge is 2.54. The van der Waals surface area contributed by atoms with Gasteiger partial charge in [-0.3, -0.25) is 19.3 Å². The van der Waals surface area contributed by atoms with Gasteiger partial charge in [-0.15, -0.1) is 0 Å². The van der Waals surface area contributed by atoms with Gasteiger partial charge in [-0.25, -0.2) is 13.6 Å². The number of methoxy groups -OCH3 is 2. The number of carbonyl (C=O) groups is 4. The Labute approximate surface area is 409 Å². The number of hydrogen-bond donors (Lipinski definition) is 2. The van der Waals surface area contributed by atoms with Crippen molar-refractivity contribution in [3.8, 4) is 11.5 Å². The molecule has 13 nitrogen and oxygen atoms in total. The van der Waals surface area contributed by atoms with Crippen molar-refractivity contribution in [2.75, 3.05) is 27.3 Å². The van der Waals surface area contributed by atoms with E-state index in [9.17, 15) is 14.4 Å². The standard InChI is InChI=1S/C53H76F2N4O9Si/c1-14-34(2)53(57-35(3)60)22-23-58(49(53)62)45(21-20-36-18-16-15-17-19-36)48(61)56-44(28-37-24-39(54)29-40(55)25-37)47(68-69(12,13)52(7,8)9)46-31-43(32-59(46)50(63)67-51(4,5)6)66-33-38-26-41(64-10)30-42(27-38)65-11/h15-19,24-27,29-30,34,43-47H,14,20-23,28,31-33H2,1-13H3,(H,56,61)(H,57,60)/t34-,43-,44+,45+,46-,47+,53+/m1/s1. The third kappa shape index (κ3) is 14.1. The summed E-state index contributed by atoms with van der Waals surface area (Å²) >= 11 is 0. The van der Waals surface area contributed by atoms with Crippen molar-refractivity contribution in [2.45, 2.75) is 167 Å². The molecule has 3 aromatic rings. The summed E-state index contributed by atoms with van der Waals surface area (Å²) in [5, 5.41) is 5.90. The summed E-state index contributed by atoms with van der Waals surface area (Å²) in [6.07, 6.45) is -0.423. The van der Waals surface area contributed by atoms with Crippen molar-refractivity contribution in [1.29, 1.82) is 0 Å². The first-order valence-electron chi connectivity index (χ1n) is 24.2. The van der Waals surface area contributed by atoms with Gasteiger partial charge >= 0.3 is 6.09 Å². The van der Waals surface area contributed by atoms with Crippen molar-refractivity contribution in [3.63, 3.8) is 0 Å². The molecule has 16 heteroatoms. The Morgan fingerprint density at radius 1 is 0.899 bits per heavy atom. The van der Waals surface area contributed by atoms with E-state index >= 15 is 13.6 Å². The van der Waals surface area contributed by atoms with Gasteiger partial charge in [0.1, 0.15) is 40.3 Å². The molecule has 2 aliphatic heterocycles. The summed E-state index contributed by atoms with van der Waals surface area (Å²) in [7, 11) is 0.291. The average Bonchev–Trinajstić information content (AvgIpc) is 3.84. The van der Waals surface area contributed by atoms with Crippen LogP contribution in [0.1, 0.15) is 105 Å². The predicted octanol–water partition coefficient (Wildman–Crippen LogP) is 9.15. The Morgan fingerprint density at radius 3 is 2.07 bits per heavy atom. The van der Waals surface area contributed by atoms with Crippen molar-refractivity contribution in [2.24, 2.45) is 5.92 Å². The number of nitrogens with zero attached hydrogens (tertiary/aromatic N) is 2. The summed E-state index contributed by atoms with van der Waals surface area (Å²) in [5.41, 5.74) is -0.111. The molecule has 2 fully saturated rings. The van der Waals surface area contributed by atoms with Gasteiger partial charge in [0.25, 0.3) is 0 Å². The lowest BCUT2D eigenvalue weighted by atomic mass is 9.81. The molecule has 2 aliphatic rings. The van der Waals surface area contributed by atoms with Crippen LogP contribution in [-0.2, 0) is 47.7 Å². The lowest BCUT2D eigenvalue weighted by Gasteiger charge is -2.45. The lowest BCUT2D eigenvalue weighted by molar-refractivity contribution is -0.144. The highest BCUT2D eigenvalue weighted by atomic mass is 28.4. The molecule has 0 aliphatic carbocycles. The molecule has 2 N–H and O–H groups in total. The topological polar surface area (TPSA) is 145 Å². The van der Waals surface area contributed by atoms with Crippen molar-refractivity contribution >= 4 is 32.1 Å². The molecule has 0 bridgehead atoms. The third-order valence-corrected chi connectivity index (χ3v) is 18.5. The van der Waals surface area contributed by atoms with Crippen LogP contribution in [0.5, 0.6) is 11.5 Å². The van der Waals surface area contributed by atoms with Gasteiger partial charge in [-0.05, 0) is 118 Å². The summed E-state index contributed by atoms with van der Waals surface area (Å²) in [5.74, 6) is -1.86. The maximum atomic E-state index is 15.5. The molecular formula is C53H76F2N4O9Si. The molecule has 0 radical (unpaired) electrons. The average molecular weight is 979 g/mol. The fraction of sp³-hybridized carbons (Fsp3) is 0.585. The van der Waals surface area contributed by atoms with Crippen LogP contribution < -0.4 is 20.1 Å². The second kappa shape index (κ2) is 22.8. The Kier molecular flexibility index (Phi) is 18.1. The number of ether oxygens (including phenoxy) is 4. The normalized spacial score (nSPS) is 20.5. The van der Waals surface area contributed by atoms with E-state index in [1.807, 2.05) is 56.3 Å². The highest BCUT2D eigenvalue weighted by Crippen LogP contribution is 2.41. The second-order valence-corrected chi connectivity index (χ2v) is 26.0. The number of likely N-dealkylation sites (tertiary alicyclic amines) is 2. The predicted molar refractivity (Wildman–Crippen MR) is 264 cm³/mol. The molecule has 0 aromatic heterocycles. The summed E-state index contributed by atoms with van der Waals surface area (Å²) in [4.78, 5) is 60.7. The van der Waals surface area contributed by atoms with Gasteiger partial charge in [0.05, 0.1) is 51.7 Å². The third-order valence-electron chi connectivity index (χ3n) is 14.0. The Balaban J connectivity index is 1.64. The molecule has 7 atom stereocenters. The van der Waals surface area contributed by atoms with Crippen molar-refractivity contribution in [1.82, 2.24) is 20.4 Å². The molecule has 0 unspecified atom stereocenters. The van der Waals surface area contributed by atoms with Gasteiger partial charge in [0.2, 0.25) is 17.7 Å². The van der Waals surface area contributed by atoms with Crippen LogP contribution in [0.4, 0.5) is 13.6 Å².